The second-order valence-electron chi connectivity index (χ2n) is 4.43. The van der Waals surface area contributed by atoms with Crippen LogP contribution in [0.4, 0.5) is 11.6 Å². The molecule has 16 heavy (non-hydrogen) atoms. The van der Waals surface area contributed by atoms with Crippen molar-refractivity contribution in [2.24, 2.45) is 0 Å². The average Bonchev–Trinajstić information content (AvgIpc) is 2.30. The summed E-state index contributed by atoms with van der Waals surface area (Å²) in [5, 5.41) is 0. The molecule has 0 saturated carbocycles. The third-order valence-corrected chi connectivity index (χ3v) is 3.18. The Labute approximate surface area is 96.9 Å². The van der Waals surface area contributed by atoms with Gasteiger partial charge >= 0.3 is 0 Å². The van der Waals surface area contributed by atoms with Crippen molar-refractivity contribution in [2.75, 3.05) is 17.2 Å². The van der Waals surface area contributed by atoms with Gasteiger partial charge < -0.3 is 10.6 Å². The van der Waals surface area contributed by atoms with Crippen LogP contribution in [0.1, 0.15) is 39.0 Å². The Balaban J connectivity index is 2.16. The quantitative estimate of drug-likeness (QED) is 0.848. The molecule has 1 aliphatic heterocycles. The molecule has 2 rings (SSSR count). The number of nitrogens with zero attached hydrogens (tertiary/aromatic N) is 3. The van der Waals surface area contributed by atoms with Crippen LogP contribution in [0.5, 0.6) is 0 Å². The maximum atomic E-state index is 5.68. The van der Waals surface area contributed by atoms with Crippen LogP contribution in [0.15, 0.2) is 12.4 Å². The zero-order valence-electron chi connectivity index (χ0n) is 9.89. The summed E-state index contributed by atoms with van der Waals surface area (Å²) < 4.78 is 0. The zero-order chi connectivity index (χ0) is 11.4. The molecule has 4 heteroatoms. The first kappa shape index (κ1) is 11.2. The Morgan fingerprint density at radius 1 is 1.44 bits per heavy atom. The molecule has 1 atom stereocenters. The molecule has 2 heterocycles. The molecule has 0 aromatic carbocycles. The number of nitrogen functional groups attached to an aromatic ring is 1. The highest BCUT2D eigenvalue weighted by molar-refractivity contribution is 5.42. The minimum Gasteiger partial charge on any atom is -0.382 e. The average molecular weight is 220 g/mol. The van der Waals surface area contributed by atoms with Crippen LogP contribution >= 0.6 is 0 Å². The Kier molecular flexibility index (Phi) is 3.59. The first-order valence-electron chi connectivity index (χ1n) is 6.15. The van der Waals surface area contributed by atoms with Crippen molar-refractivity contribution in [1.29, 1.82) is 0 Å². The highest BCUT2D eigenvalue weighted by Gasteiger charge is 2.22. The smallest absolute Gasteiger partial charge is 0.149 e. The van der Waals surface area contributed by atoms with Crippen molar-refractivity contribution in [2.45, 2.75) is 45.1 Å². The van der Waals surface area contributed by atoms with E-state index in [2.05, 4.69) is 21.8 Å². The van der Waals surface area contributed by atoms with Gasteiger partial charge in [-0.15, -0.1) is 0 Å². The van der Waals surface area contributed by atoms with E-state index in [0.717, 1.165) is 12.4 Å². The first-order valence-corrected chi connectivity index (χ1v) is 6.15. The molecule has 1 aromatic rings. The number of hydrogen-bond donors (Lipinski definition) is 1. The van der Waals surface area contributed by atoms with Crippen LogP contribution in [0.3, 0.4) is 0 Å². The molecule has 1 aromatic heterocycles. The number of rotatable bonds is 3. The van der Waals surface area contributed by atoms with Crippen LogP contribution in [0, 0.1) is 0 Å². The van der Waals surface area contributed by atoms with E-state index in [1.54, 1.807) is 6.20 Å². The van der Waals surface area contributed by atoms with Gasteiger partial charge in [0.15, 0.2) is 0 Å². The second-order valence-corrected chi connectivity index (χ2v) is 4.43. The fraction of sp³-hybridized carbons (Fsp3) is 0.667. The Morgan fingerprint density at radius 3 is 3.06 bits per heavy atom. The summed E-state index contributed by atoms with van der Waals surface area (Å²) >= 11 is 0. The lowest BCUT2D eigenvalue weighted by Crippen LogP contribution is -2.40. The highest BCUT2D eigenvalue weighted by Crippen LogP contribution is 2.25. The fourth-order valence-electron chi connectivity index (χ4n) is 2.44. The lowest BCUT2D eigenvalue weighted by atomic mass is 9.98. The van der Waals surface area contributed by atoms with Gasteiger partial charge in [-0.3, -0.25) is 4.98 Å². The van der Waals surface area contributed by atoms with E-state index < -0.39 is 0 Å². The molecular weight excluding hydrogens is 200 g/mol. The molecule has 1 saturated heterocycles. The van der Waals surface area contributed by atoms with E-state index in [1.165, 1.54) is 32.1 Å². The Hall–Kier alpha value is -1.32. The minimum absolute atomic E-state index is 0.512. The summed E-state index contributed by atoms with van der Waals surface area (Å²) in [5.41, 5.74) is 5.68. The van der Waals surface area contributed by atoms with Gasteiger partial charge in [-0.05, 0) is 25.7 Å². The Morgan fingerprint density at radius 2 is 2.31 bits per heavy atom. The fourth-order valence-corrected chi connectivity index (χ4v) is 2.44. The van der Waals surface area contributed by atoms with Crippen molar-refractivity contribution < 1.29 is 0 Å². The van der Waals surface area contributed by atoms with Crippen LogP contribution in [0.25, 0.3) is 0 Å². The molecule has 88 valence electrons. The summed E-state index contributed by atoms with van der Waals surface area (Å²) in [5.74, 6) is 1.46. The third kappa shape index (κ3) is 2.43. The standard InChI is InChI=1S/C12H20N4/c1-2-5-10-6-3-4-7-16(10)12-9-14-8-11(13)15-12/h8-10H,2-7H2,1H3,(H2,13,15). The lowest BCUT2D eigenvalue weighted by molar-refractivity contribution is 0.431. The van der Waals surface area contributed by atoms with Gasteiger partial charge in [-0.2, -0.15) is 0 Å². The third-order valence-electron chi connectivity index (χ3n) is 3.18. The summed E-state index contributed by atoms with van der Waals surface area (Å²) in [6.07, 6.45) is 9.72. The summed E-state index contributed by atoms with van der Waals surface area (Å²) in [6, 6.07) is 0.620. The van der Waals surface area contributed by atoms with Gasteiger partial charge in [0.1, 0.15) is 11.6 Å². The molecule has 1 aliphatic rings. The number of hydrogen-bond acceptors (Lipinski definition) is 4. The SMILES string of the molecule is CCCC1CCCCN1c1cncc(N)n1. The predicted molar refractivity (Wildman–Crippen MR) is 66.3 cm³/mol. The van der Waals surface area contributed by atoms with Crippen LogP contribution in [0.2, 0.25) is 0 Å². The van der Waals surface area contributed by atoms with E-state index in [-0.39, 0.29) is 0 Å². The topological polar surface area (TPSA) is 55.0 Å². The maximum Gasteiger partial charge on any atom is 0.149 e. The normalized spacial score (nSPS) is 21.1. The molecule has 2 N–H and O–H groups in total. The first-order chi connectivity index (χ1) is 7.81. The summed E-state index contributed by atoms with van der Waals surface area (Å²) in [6.45, 7) is 3.32. The molecule has 1 fully saturated rings. The minimum atomic E-state index is 0.512. The number of nitrogens with two attached hydrogens (primary N) is 1. The molecule has 1 unspecified atom stereocenters. The monoisotopic (exact) mass is 220 g/mol. The van der Waals surface area contributed by atoms with Crippen molar-refractivity contribution in [3.05, 3.63) is 12.4 Å². The van der Waals surface area contributed by atoms with Crippen molar-refractivity contribution in [1.82, 2.24) is 9.97 Å². The number of piperidine rings is 1. The number of aromatic nitrogens is 2. The van der Waals surface area contributed by atoms with Crippen LogP contribution in [-0.4, -0.2) is 22.6 Å². The second kappa shape index (κ2) is 5.14. The van der Waals surface area contributed by atoms with E-state index in [9.17, 15) is 0 Å². The van der Waals surface area contributed by atoms with Crippen molar-refractivity contribution >= 4 is 11.6 Å². The summed E-state index contributed by atoms with van der Waals surface area (Å²) in [7, 11) is 0. The van der Waals surface area contributed by atoms with Gasteiger partial charge in [0, 0.05) is 12.6 Å². The molecule has 4 nitrogen and oxygen atoms in total. The van der Waals surface area contributed by atoms with E-state index in [0.29, 0.717) is 11.9 Å². The van der Waals surface area contributed by atoms with E-state index >= 15 is 0 Å². The highest BCUT2D eigenvalue weighted by atomic mass is 15.2. The molecule has 0 spiro atoms. The van der Waals surface area contributed by atoms with Gasteiger partial charge in [0.25, 0.3) is 0 Å². The molecular formula is C12H20N4. The lowest BCUT2D eigenvalue weighted by Gasteiger charge is -2.36. The van der Waals surface area contributed by atoms with Crippen LogP contribution in [-0.2, 0) is 0 Å². The summed E-state index contributed by atoms with van der Waals surface area (Å²) in [4.78, 5) is 10.9. The molecule has 0 bridgehead atoms. The number of anilines is 2. The van der Waals surface area contributed by atoms with Gasteiger partial charge in [0.2, 0.25) is 0 Å². The van der Waals surface area contributed by atoms with Gasteiger partial charge in [0.05, 0.1) is 12.4 Å². The predicted octanol–water partition coefficient (Wildman–Crippen LogP) is 2.22. The Bertz CT molecular complexity index is 338. The van der Waals surface area contributed by atoms with Crippen molar-refractivity contribution in [3.8, 4) is 0 Å². The van der Waals surface area contributed by atoms with Gasteiger partial charge in [-0.1, -0.05) is 13.3 Å². The largest absolute Gasteiger partial charge is 0.382 e. The van der Waals surface area contributed by atoms with Crippen molar-refractivity contribution in [3.63, 3.8) is 0 Å². The van der Waals surface area contributed by atoms with E-state index in [1.807, 2.05) is 6.20 Å². The molecule has 0 aliphatic carbocycles. The van der Waals surface area contributed by atoms with Crippen LogP contribution < -0.4 is 10.6 Å². The molecule has 0 amide bonds. The van der Waals surface area contributed by atoms with E-state index in [4.69, 9.17) is 5.73 Å². The molecule has 0 radical (unpaired) electrons. The zero-order valence-corrected chi connectivity index (χ0v) is 9.89. The maximum absolute atomic E-state index is 5.68. The van der Waals surface area contributed by atoms with Gasteiger partial charge in [-0.25, -0.2) is 4.98 Å².